The second-order valence-electron chi connectivity index (χ2n) is 2.84. The van der Waals surface area contributed by atoms with Crippen LogP contribution in [-0.4, -0.2) is 12.5 Å². The molecule has 5 heteroatoms. The monoisotopic (exact) mass is 272 g/mol. The van der Waals surface area contributed by atoms with Crippen molar-refractivity contribution in [3.05, 3.63) is 20.8 Å². The first kappa shape index (κ1) is 11.2. The molecule has 14 heavy (non-hydrogen) atoms. The molecule has 0 saturated carbocycles. The number of nitriles is 1. The lowest BCUT2D eigenvalue weighted by atomic mass is 10.2. The summed E-state index contributed by atoms with van der Waals surface area (Å²) in [6.45, 7) is 2.16. The summed E-state index contributed by atoms with van der Waals surface area (Å²) in [6, 6.07) is 5.63. The Kier molecular flexibility index (Phi) is 4.11. The first-order valence-electron chi connectivity index (χ1n) is 4.06. The van der Waals surface area contributed by atoms with E-state index in [2.05, 4.69) is 27.3 Å². The van der Waals surface area contributed by atoms with Gasteiger partial charge in [0.1, 0.15) is 0 Å². The summed E-state index contributed by atoms with van der Waals surface area (Å²) in [6.07, 6.45) is 0. The van der Waals surface area contributed by atoms with Gasteiger partial charge in [-0.1, -0.05) is 0 Å². The van der Waals surface area contributed by atoms with Crippen molar-refractivity contribution in [2.45, 2.75) is 6.92 Å². The first-order chi connectivity index (χ1) is 6.63. The third-order valence-corrected chi connectivity index (χ3v) is 3.21. The van der Waals surface area contributed by atoms with Crippen molar-refractivity contribution in [1.82, 2.24) is 5.32 Å². The van der Waals surface area contributed by atoms with Crippen molar-refractivity contribution in [2.75, 3.05) is 6.54 Å². The van der Waals surface area contributed by atoms with Gasteiger partial charge in [0.15, 0.2) is 0 Å². The van der Waals surface area contributed by atoms with E-state index >= 15 is 0 Å². The topological polar surface area (TPSA) is 52.9 Å². The van der Waals surface area contributed by atoms with Gasteiger partial charge in [-0.3, -0.25) is 4.79 Å². The van der Waals surface area contributed by atoms with E-state index in [4.69, 9.17) is 5.26 Å². The fourth-order valence-corrected chi connectivity index (χ4v) is 2.12. The molecule has 0 aromatic carbocycles. The first-order valence-corrected chi connectivity index (χ1v) is 5.67. The third-order valence-electron chi connectivity index (χ3n) is 1.59. The van der Waals surface area contributed by atoms with Gasteiger partial charge in [0, 0.05) is 6.54 Å². The van der Waals surface area contributed by atoms with Crippen molar-refractivity contribution in [2.24, 2.45) is 5.92 Å². The van der Waals surface area contributed by atoms with Crippen LogP contribution in [0.3, 0.4) is 0 Å². The van der Waals surface area contributed by atoms with Crippen molar-refractivity contribution < 1.29 is 4.79 Å². The molecule has 1 aromatic rings. The number of hydrogen-bond donors (Lipinski definition) is 1. The Morgan fingerprint density at radius 1 is 1.79 bits per heavy atom. The van der Waals surface area contributed by atoms with E-state index in [0.29, 0.717) is 11.4 Å². The lowest BCUT2D eigenvalue weighted by Gasteiger charge is -2.03. The maximum absolute atomic E-state index is 11.4. The van der Waals surface area contributed by atoms with Gasteiger partial charge in [-0.15, -0.1) is 11.3 Å². The van der Waals surface area contributed by atoms with Crippen LogP contribution in [0.15, 0.2) is 15.9 Å². The Morgan fingerprint density at radius 3 is 3.00 bits per heavy atom. The van der Waals surface area contributed by atoms with Crippen molar-refractivity contribution in [1.29, 1.82) is 5.26 Å². The summed E-state index contributed by atoms with van der Waals surface area (Å²) < 4.78 is 0.927. The number of nitrogens with one attached hydrogen (secondary N) is 1. The minimum Gasteiger partial charge on any atom is -0.350 e. The highest BCUT2D eigenvalue weighted by Gasteiger charge is 2.09. The fourth-order valence-electron chi connectivity index (χ4n) is 0.815. The molecule has 0 radical (unpaired) electrons. The van der Waals surface area contributed by atoms with Crippen LogP contribution in [0.1, 0.15) is 16.6 Å². The van der Waals surface area contributed by atoms with Crippen molar-refractivity contribution >= 4 is 33.2 Å². The standard InChI is InChI=1S/C9H9BrN2OS/c1-6(4-11)5-12-9(13)7-2-3-8(10)14-7/h2-3,6H,5H2,1H3,(H,12,13). The molecule has 1 amide bonds. The van der Waals surface area contributed by atoms with Gasteiger partial charge < -0.3 is 5.32 Å². The van der Waals surface area contributed by atoms with Gasteiger partial charge in [-0.2, -0.15) is 5.26 Å². The zero-order valence-corrected chi connectivity index (χ0v) is 9.98. The molecule has 1 heterocycles. The molecule has 1 rings (SSSR count). The van der Waals surface area contributed by atoms with Crippen LogP contribution in [0, 0.1) is 17.2 Å². The van der Waals surface area contributed by atoms with Crippen molar-refractivity contribution in [3.63, 3.8) is 0 Å². The number of nitrogens with zero attached hydrogens (tertiary/aromatic N) is 1. The number of amides is 1. The minimum atomic E-state index is -0.151. The Morgan fingerprint density at radius 2 is 2.50 bits per heavy atom. The van der Waals surface area contributed by atoms with Gasteiger partial charge in [0.25, 0.3) is 5.91 Å². The van der Waals surface area contributed by atoms with E-state index in [1.54, 1.807) is 13.0 Å². The number of halogens is 1. The lowest BCUT2D eigenvalue weighted by Crippen LogP contribution is -2.26. The van der Waals surface area contributed by atoms with Crippen molar-refractivity contribution in [3.8, 4) is 6.07 Å². The molecule has 0 aliphatic rings. The number of rotatable bonds is 3. The molecule has 0 aliphatic heterocycles. The van der Waals surface area contributed by atoms with Crippen LogP contribution in [0.2, 0.25) is 0 Å². The molecule has 0 spiro atoms. The van der Waals surface area contributed by atoms with Crippen LogP contribution in [0.25, 0.3) is 0 Å². The van der Waals surface area contributed by atoms with Crippen LogP contribution < -0.4 is 5.32 Å². The maximum Gasteiger partial charge on any atom is 0.261 e. The lowest BCUT2D eigenvalue weighted by molar-refractivity contribution is 0.0955. The molecule has 0 bridgehead atoms. The van der Waals surface area contributed by atoms with E-state index in [0.717, 1.165) is 3.79 Å². The van der Waals surface area contributed by atoms with E-state index < -0.39 is 0 Å². The third kappa shape index (κ3) is 3.13. The van der Waals surface area contributed by atoms with Crippen LogP contribution in [0.5, 0.6) is 0 Å². The fraction of sp³-hybridized carbons (Fsp3) is 0.333. The normalized spacial score (nSPS) is 11.8. The van der Waals surface area contributed by atoms with Crippen LogP contribution >= 0.6 is 27.3 Å². The zero-order chi connectivity index (χ0) is 10.6. The van der Waals surface area contributed by atoms with E-state index in [1.807, 2.05) is 6.07 Å². The summed E-state index contributed by atoms with van der Waals surface area (Å²) in [4.78, 5) is 12.1. The number of carbonyl (C=O) groups excluding carboxylic acids is 1. The molecular weight excluding hydrogens is 264 g/mol. The average molecular weight is 273 g/mol. The molecule has 0 aliphatic carbocycles. The second-order valence-corrected chi connectivity index (χ2v) is 5.31. The summed E-state index contributed by atoms with van der Waals surface area (Å²) in [5, 5.41) is 11.2. The quantitative estimate of drug-likeness (QED) is 0.919. The van der Waals surface area contributed by atoms with E-state index in [9.17, 15) is 4.79 Å². The van der Waals surface area contributed by atoms with E-state index in [-0.39, 0.29) is 11.8 Å². The zero-order valence-electron chi connectivity index (χ0n) is 7.58. The molecule has 1 unspecified atom stereocenters. The van der Waals surface area contributed by atoms with Crippen LogP contribution in [0.4, 0.5) is 0 Å². The van der Waals surface area contributed by atoms with Gasteiger partial charge in [-0.25, -0.2) is 0 Å². The van der Waals surface area contributed by atoms with Crippen LogP contribution in [-0.2, 0) is 0 Å². The summed E-state index contributed by atoms with van der Waals surface area (Å²) in [5.74, 6) is -0.273. The molecule has 1 aromatic heterocycles. The highest BCUT2D eigenvalue weighted by Crippen LogP contribution is 2.21. The smallest absolute Gasteiger partial charge is 0.261 e. The van der Waals surface area contributed by atoms with Gasteiger partial charge in [-0.05, 0) is 35.0 Å². The Hall–Kier alpha value is -0.860. The molecule has 74 valence electrons. The maximum atomic E-state index is 11.4. The Bertz CT molecular complexity index is 369. The summed E-state index contributed by atoms with van der Waals surface area (Å²) in [7, 11) is 0. The highest BCUT2D eigenvalue weighted by atomic mass is 79.9. The molecule has 0 fully saturated rings. The van der Waals surface area contributed by atoms with E-state index in [1.165, 1.54) is 11.3 Å². The molecule has 1 atom stereocenters. The van der Waals surface area contributed by atoms with Gasteiger partial charge in [0.05, 0.1) is 20.7 Å². The SMILES string of the molecule is CC(C#N)CNC(=O)c1ccc(Br)s1. The summed E-state index contributed by atoms with van der Waals surface area (Å²) >= 11 is 4.66. The van der Waals surface area contributed by atoms with Gasteiger partial charge >= 0.3 is 0 Å². The predicted octanol–water partition coefficient (Wildman–Crippen LogP) is 2.40. The van der Waals surface area contributed by atoms with Gasteiger partial charge in [0.2, 0.25) is 0 Å². The number of carbonyl (C=O) groups is 1. The molecular formula is C9H9BrN2OS. The minimum absolute atomic E-state index is 0.122. The molecule has 3 nitrogen and oxygen atoms in total. The summed E-state index contributed by atoms with van der Waals surface area (Å²) in [5.41, 5.74) is 0. The second kappa shape index (κ2) is 5.13. The molecule has 1 N–H and O–H groups in total. The number of thiophene rings is 1. The Balaban J connectivity index is 2.48. The largest absolute Gasteiger partial charge is 0.350 e. The highest BCUT2D eigenvalue weighted by molar-refractivity contribution is 9.11. The average Bonchev–Trinajstić information content (AvgIpc) is 2.60. The predicted molar refractivity (Wildman–Crippen MR) is 59.1 cm³/mol. The molecule has 0 saturated heterocycles. The Labute approximate surface area is 94.9 Å². The number of hydrogen-bond acceptors (Lipinski definition) is 3.